The van der Waals surface area contributed by atoms with E-state index in [4.69, 9.17) is 4.74 Å². The van der Waals surface area contributed by atoms with Crippen molar-refractivity contribution < 1.29 is 14.3 Å². The zero-order valence-electron chi connectivity index (χ0n) is 18.7. The van der Waals surface area contributed by atoms with Crippen molar-refractivity contribution >= 4 is 12.0 Å². The Morgan fingerprint density at radius 1 is 1.09 bits per heavy atom. The number of rotatable bonds is 4. The van der Waals surface area contributed by atoms with Crippen LogP contribution in [0.4, 0.5) is 4.79 Å². The molecule has 0 saturated carbocycles. The van der Waals surface area contributed by atoms with E-state index in [2.05, 4.69) is 25.6 Å². The number of ether oxygens (including phenoxy) is 1. The fourth-order valence-electron chi connectivity index (χ4n) is 4.32. The number of pyridine rings is 1. The maximum atomic E-state index is 13.4. The molecule has 2 aromatic rings. The van der Waals surface area contributed by atoms with Gasteiger partial charge in [0, 0.05) is 36.7 Å². The first-order valence-corrected chi connectivity index (χ1v) is 11.0. The maximum absolute atomic E-state index is 13.4. The van der Waals surface area contributed by atoms with Gasteiger partial charge < -0.3 is 15.4 Å². The molecule has 4 heterocycles. The number of carbonyl (C=O) groups excluding carboxylic acids is 2. The molecule has 2 aromatic heterocycles. The Morgan fingerprint density at radius 3 is 2.41 bits per heavy atom. The molecule has 9 nitrogen and oxygen atoms in total. The van der Waals surface area contributed by atoms with Crippen molar-refractivity contribution in [1.82, 2.24) is 30.5 Å². The van der Waals surface area contributed by atoms with Gasteiger partial charge in [0.05, 0.1) is 5.92 Å². The Morgan fingerprint density at radius 2 is 1.78 bits per heavy atom. The van der Waals surface area contributed by atoms with Crippen molar-refractivity contribution in [1.29, 1.82) is 0 Å². The lowest BCUT2D eigenvalue weighted by Crippen LogP contribution is -2.74. The summed E-state index contributed by atoms with van der Waals surface area (Å²) in [6, 6.07) is 7.33. The van der Waals surface area contributed by atoms with Crippen LogP contribution in [0.15, 0.2) is 42.9 Å². The summed E-state index contributed by atoms with van der Waals surface area (Å²) in [7, 11) is 0. The molecular weight excluding hydrogens is 408 g/mol. The first kappa shape index (κ1) is 22.1. The maximum Gasteiger partial charge on any atom is 0.412 e. The average Bonchev–Trinajstić information content (AvgIpc) is 2.77. The summed E-state index contributed by atoms with van der Waals surface area (Å²) in [6.45, 7) is 7.34. The van der Waals surface area contributed by atoms with E-state index in [1.54, 1.807) is 24.7 Å². The van der Waals surface area contributed by atoms with Gasteiger partial charge in [-0.05, 0) is 64.9 Å². The van der Waals surface area contributed by atoms with Crippen LogP contribution in [0.2, 0.25) is 0 Å². The average molecular weight is 439 g/mol. The first-order chi connectivity index (χ1) is 15.3. The van der Waals surface area contributed by atoms with Gasteiger partial charge in [-0.25, -0.2) is 14.8 Å². The third-order valence-corrected chi connectivity index (χ3v) is 5.88. The van der Waals surface area contributed by atoms with E-state index in [0.29, 0.717) is 12.4 Å². The minimum Gasteiger partial charge on any atom is -0.444 e. The Labute approximate surface area is 188 Å². The Balaban J connectivity index is 1.76. The molecule has 2 N–H and O–H groups in total. The van der Waals surface area contributed by atoms with Gasteiger partial charge in [0.2, 0.25) is 5.91 Å². The van der Waals surface area contributed by atoms with Crippen LogP contribution in [0, 0.1) is 5.92 Å². The largest absolute Gasteiger partial charge is 0.444 e. The second kappa shape index (κ2) is 8.82. The van der Waals surface area contributed by atoms with Crippen LogP contribution in [0.3, 0.4) is 0 Å². The Kier molecular flexibility index (Phi) is 6.10. The molecule has 2 unspecified atom stereocenters. The standard InChI is InChI=1S/C23H30N6O3/c1-22(2,3)32-21(31)29-15-17(18-7-4-5-10-25-18)23(29,20-26-11-6-12-27-20)28-19(30)16-8-13-24-14-9-16/h4-7,10-12,16-17,24H,8-9,13-15H2,1-3H3,(H,28,30). The fourth-order valence-corrected chi connectivity index (χ4v) is 4.32. The summed E-state index contributed by atoms with van der Waals surface area (Å²) in [5.41, 5.74) is -1.21. The Hall–Kier alpha value is -3.07. The minimum absolute atomic E-state index is 0.117. The normalized spacial score (nSPS) is 23.8. The summed E-state index contributed by atoms with van der Waals surface area (Å²) >= 11 is 0. The number of nitrogens with one attached hydrogen (secondary N) is 2. The molecule has 2 saturated heterocycles. The number of likely N-dealkylation sites (tertiary alicyclic amines) is 1. The van der Waals surface area contributed by atoms with E-state index in [1.165, 1.54) is 4.90 Å². The van der Waals surface area contributed by atoms with Crippen LogP contribution in [0.1, 0.15) is 51.0 Å². The molecule has 2 aliphatic rings. The van der Waals surface area contributed by atoms with Crippen molar-refractivity contribution in [3.8, 4) is 0 Å². The van der Waals surface area contributed by atoms with Gasteiger partial charge >= 0.3 is 6.09 Å². The van der Waals surface area contributed by atoms with Gasteiger partial charge in [-0.15, -0.1) is 0 Å². The highest BCUT2D eigenvalue weighted by Crippen LogP contribution is 2.48. The van der Waals surface area contributed by atoms with Crippen LogP contribution in [-0.4, -0.2) is 57.1 Å². The highest BCUT2D eigenvalue weighted by Gasteiger charge is 2.62. The van der Waals surface area contributed by atoms with Crippen molar-refractivity contribution in [3.05, 3.63) is 54.4 Å². The van der Waals surface area contributed by atoms with Gasteiger partial charge in [0.25, 0.3) is 0 Å². The number of piperidine rings is 1. The number of hydrogen-bond donors (Lipinski definition) is 2. The number of carbonyl (C=O) groups is 2. The summed E-state index contributed by atoms with van der Waals surface area (Å²) < 4.78 is 5.68. The molecule has 32 heavy (non-hydrogen) atoms. The van der Waals surface area contributed by atoms with E-state index in [0.717, 1.165) is 31.6 Å². The zero-order chi connectivity index (χ0) is 22.8. The van der Waals surface area contributed by atoms with Crippen LogP contribution in [-0.2, 0) is 15.2 Å². The van der Waals surface area contributed by atoms with E-state index in [-0.39, 0.29) is 17.7 Å². The molecule has 2 amide bonds. The van der Waals surface area contributed by atoms with E-state index in [1.807, 2.05) is 39.0 Å². The second-order valence-corrected chi connectivity index (χ2v) is 9.25. The molecule has 0 radical (unpaired) electrons. The lowest BCUT2D eigenvalue weighted by Gasteiger charge is -2.56. The van der Waals surface area contributed by atoms with Gasteiger partial charge in [-0.3, -0.25) is 14.7 Å². The van der Waals surface area contributed by atoms with Crippen LogP contribution < -0.4 is 10.6 Å². The van der Waals surface area contributed by atoms with Gasteiger partial charge in [-0.1, -0.05) is 6.07 Å². The first-order valence-electron chi connectivity index (χ1n) is 11.0. The van der Waals surface area contributed by atoms with E-state index >= 15 is 0 Å². The third kappa shape index (κ3) is 4.29. The van der Waals surface area contributed by atoms with Crippen LogP contribution in [0.5, 0.6) is 0 Å². The molecule has 4 rings (SSSR count). The topological polar surface area (TPSA) is 109 Å². The molecule has 0 aromatic carbocycles. The predicted molar refractivity (Wildman–Crippen MR) is 117 cm³/mol. The summed E-state index contributed by atoms with van der Waals surface area (Å²) in [6.07, 6.45) is 5.87. The van der Waals surface area contributed by atoms with Crippen LogP contribution >= 0.6 is 0 Å². The second-order valence-electron chi connectivity index (χ2n) is 9.25. The zero-order valence-corrected chi connectivity index (χ0v) is 18.7. The van der Waals surface area contributed by atoms with Gasteiger partial charge in [0.1, 0.15) is 5.60 Å². The quantitative estimate of drug-likeness (QED) is 0.753. The molecular formula is C23H30N6O3. The van der Waals surface area contributed by atoms with E-state index < -0.39 is 17.4 Å². The SMILES string of the molecule is CC(C)(C)OC(=O)N1CC(c2ccccn2)C1(NC(=O)C1CCNCC1)c1ncccn1. The Bertz CT molecular complexity index is 943. The lowest BCUT2D eigenvalue weighted by atomic mass is 9.77. The highest BCUT2D eigenvalue weighted by molar-refractivity contribution is 5.81. The highest BCUT2D eigenvalue weighted by atomic mass is 16.6. The molecule has 0 bridgehead atoms. The van der Waals surface area contributed by atoms with Crippen LogP contribution in [0.25, 0.3) is 0 Å². The number of nitrogens with zero attached hydrogens (tertiary/aromatic N) is 4. The van der Waals surface area contributed by atoms with Gasteiger partial charge in [0.15, 0.2) is 11.5 Å². The summed E-state index contributed by atoms with van der Waals surface area (Å²) in [5, 5.41) is 6.45. The minimum atomic E-state index is -1.28. The summed E-state index contributed by atoms with van der Waals surface area (Å²) in [4.78, 5) is 41.6. The third-order valence-electron chi connectivity index (χ3n) is 5.88. The molecule has 2 aliphatic heterocycles. The smallest absolute Gasteiger partial charge is 0.412 e. The number of hydrogen-bond acceptors (Lipinski definition) is 7. The van der Waals surface area contributed by atoms with Gasteiger partial charge in [-0.2, -0.15) is 0 Å². The van der Waals surface area contributed by atoms with Crippen molar-refractivity contribution in [2.75, 3.05) is 19.6 Å². The monoisotopic (exact) mass is 438 g/mol. The van der Waals surface area contributed by atoms with E-state index in [9.17, 15) is 9.59 Å². The molecule has 0 spiro atoms. The van der Waals surface area contributed by atoms with Crippen molar-refractivity contribution in [2.45, 2.75) is 50.8 Å². The van der Waals surface area contributed by atoms with Crippen molar-refractivity contribution in [3.63, 3.8) is 0 Å². The molecule has 2 atom stereocenters. The molecule has 9 heteroatoms. The fraction of sp³-hybridized carbons (Fsp3) is 0.522. The van der Waals surface area contributed by atoms with Crippen molar-refractivity contribution in [2.24, 2.45) is 5.92 Å². The summed E-state index contributed by atoms with van der Waals surface area (Å²) in [5.74, 6) is -0.241. The lowest BCUT2D eigenvalue weighted by molar-refractivity contribution is -0.140. The predicted octanol–water partition coefficient (Wildman–Crippen LogP) is 2.17. The molecule has 0 aliphatic carbocycles. The molecule has 2 fully saturated rings. The number of amides is 2. The molecule has 170 valence electrons. The number of aromatic nitrogens is 3.